The predicted octanol–water partition coefficient (Wildman–Crippen LogP) is 3.34. The highest BCUT2D eigenvalue weighted by atomic mass is 79.9. The van der Waals surface area contributed by atoms with Crippen LogP contribution in [0.5, 0.6) is 0 Å². The van der Waals surface area contributed by atoms with Crippen molar-refractivity contribution in [3.63, 3.8) is 0 Å². The van der Waals surface area contributed by atoms with Crippen LogP contribution < -0.4 is 11.3 Å². The molecule has 0 amide bonds. The largest absolute Gasteiger partial charge is 0.271 e. The first-order chi connectivity index (χ1) is 9.96. The van der Waals surface area contributed by atoms with Crippen LogP contribution in [0.15, 0.2) is 22.7 Å². The Morgan fingerprint density at radius 1 is 1.24 bits per heavy atom. The third-order valence-corrected chi connectivity index (χ3v) is 5.01. The summed E-state index contributed by atoms with van der Waals surface area (Å²) < 4.78 is 3.20. The number of aryl methyl sites for hydroxylation is 4. The van der Waals surface area contributed by atoms with Crippen molar-refractivity contribution in [3.05, 3.63) is 50.8 Å². The number of hydrogen-bond donors (Lipinski definition) is 2. The summed E-state index contributed by atoms with van der Waals surface area (Å²) in [7, 11) is 0. The number of rotatable bonds is 5. The maximum absolute atomic E-state index is 5.80. The lowest BCUT2D eigenvalue weighted by atomic mass is 9.98. The van der Waals surface area contributed by atoms with Gasteiger partial charge in [-0.2, -0.15) is 5.10 Å². The standard InChI is InChI=1S/C16H23BrN4/c1-5-21-14(8-12(4)20-21)9-15(19-18)13-6-10(2)16(17)11(3)7-13/h6-8,15,19H,5,9,18H2,1-4H3. The van der Waals surface area contributed by atoms with E-state index in [4.69, 9.17) is 5.84 Å². The van der Waals surface area contributed by atoms with Gasteiger partial charge in [0.25, 0.3) is 0 Å². The fourth-order valence-corrected chi connectivity index (χ4v) is 2.93. The Balaban J connectivity index is 2.32. The van der Waals surface area contributed by atoms with Crippen LogP contribution in [0.4, 0.5) is 0 Å². The van der Waals surface area contributed by atoms with E-state index in [2.05, 4.69) is 65.4 Å². The number of nitrogens with one attached hydrogen (secondary N) is 1. The summed E-state index contributed by atoms with van der Waals surface area (Å²) in [6.45, 7) is 9.21. The average molecular weight is 351 g/mol. The molecule has 0 aliphatic heterocycles. The fraction of sp³-hybridized carbons (Fsp3) is 0.438. The van der Waals surface area contributed by atoms with E-state index < -0.39 is 0 Å². The lowest BCUT2D eigenvalue weighted by Gasteiger charge is -2.19. The maximum Gasteiger partial charge on any atom is 0.0596 e. The minimum atomic E-state index is 0.0805. The Bertz CT molecular complexity index is 610. The van der Waals surface area contributed by atoms with E-state index in [1.54, 1.807) is 0 Å². The van der Waals surface area contributed by atoms with Gasteiger partial charge < -0.3 is 0 Å². The van der Waals surface area contributed by atoms with Crippen molar-refractivity contribution in [2.45, 2.75) is 46.7 Å². The molecule has 1 aromatic heterocycles. The summed E-state index contributed by atoms with van der Waals surface area (Å²) in [5.74, 6) is 5.80. The van der Waals surface area contributed by atoms with Crippen molar-refractivity contribution >= 4 is 15.9 Å². The van der Waals surface area contributed by atoms with E-state index in [0.717, 1.165) is 23.1 Å². The Hall–Kier alpha value is -1.17. The maximum atomic E-state index is 5.80. The first-order valence-corrected chi connectivity index (χ1v) is 8.01. The molecule has 0 saturated carbocycles. The third kappa shape index (κ3) is 3.54. The van der Waals surface area contributed by atoms with Crippen molar-refractivity contribution < 1.29 is 0 Å². The highest BCUT2D eigenvalue weighted by molar-refractivity contribution is 9.10. The minimum Gasteiger partial charge on any atom is -0.271 e. The zero-order valence-electron chi connectivity index (χ0n) is 13.1. The van der Waals surface area contributed by atoms with Gasteiger partial charge in [-0.25, -0.2) is 0 Å². The molecule has 0 saturated heterocycles. The number of hydrazine groups is 1. The van der Waals surface area contributed by atoms with Crippen LogP contribution in [0.3, 0.4) is 0 Å². The van der Waals surface area contributed by atoms with E-state index in [1.807, 2.05) is 11.6 Å². The molecule has 5 heteroatoms. The van der Waals surface area contributed by atoms with Gasteiger partial charge in [0.05, 0.1) is 11.7 Å². The van der Waals surface area contributed by atoms with Crippen molar-refractivity contribution in [2.75, 3.05) is 0 Å². The molecule has 21 heavy (non-hydrogen) atoms. The molecule has 0 fully saturated rings. The van der Waals surface area contributed by atoms with Crippen LogP contribution in [-0.4, -0.2) is 9.78 Å². The lowest BCUT2D eigenvalue weighted by molar-refractivity contribution is 0.516. The first-order valence-electron chi connectivity index (χ1n) is 7.22. The Labute approximate surface area is 134 Å². The number of aromatic nitrogens is 2. The topological polar surface area (TPSA) is 55.9 Å². The molecule has 1 atom stereocenters. The van der Waals surface area contributed by atoms with Gasteiger partial charge in [-0.15, -0.1) is 0 Å². The molecular formula is C16H23BrN4. The van der Waals surface area contributed by atoms with Gasteiger partial charge in [0, 0.05) is 23.1 Å². The van der Waals surface area contributed by atoms with E-state index in [-0.39, 0.29) is 6.04 Å². The van der Waals surface area contributed by atoms with E-state index in [1.165, 1.54) is 22.4 Å². The first kappa shape index (κ1) is 16.2. The molecule has 3 N–H and O–H groups in total. The molecule has 2 rings (SSSR count). The number of halogens is 1. The van der Waals surface area contributed by atoms with E-state index >= 15 is 0 Å². The van der Waals surface area contributed by atoms with E-state index in [9.17, 15) is 0 Å². The zero-order chi connectivity index (χ0) is 15.6. The molecule has 1 unspecified atom stereocenters. The molecule has 0 radical (unpaired) electrons. The van der Waals surface area contributed by atoms with Crippen LogP contribution in [0.25, 0.3) is 0 Å². The van der Waals surface area contributed by atoms with Crippen molar-refractivity contribution in [3.8, 4) is 0 Å². The summed E-state index contributed by atoms with van der Waals surface area (Å²) in [6, 6.07) is 6.58. The van der Waals surface area contributed by atoms with Gasteiger partial charge in [0.15, 0.2) is 0 Å². The summed E-state index contributed by atoms with van der Waals surface area (Å²) >= 11 is 3.61. The molecule has 1 heterocycles. The summed E-state index contributed by atoms with van der Waals surface area (Å²) in [5.41, 5.74) is 8.86. The van der Waals surface area contributed by atoms with Crippen LogP contribution >= 0.6 is 15.9 Å². The van der Waals surface area contributed by atoms with Gasteiger partial charge in [0.1, 0.15) is 0 Å². The SMILES string of the molecule is CCn1nc(C)cc1CC(NN)c1cc(C)c(Br)c(C)c1. The Morgan fingerprint density at radius 2 is 1.86 bits per heavy atom. The van der Waals surface area contributed by atoms with Gasteiger partial charge in [-0.05, 0) is 50.5 Å². The Kier molecular flexibility index (Phi) is 5.19. The van der Waals surface area contributed by atoms with Gasteiger partial charge in [-0.3, -0.25) is 16.0 Å². The van der Waals surface area contributed by atoms with Crippen LogP contribution in [0.2, 0.25) is 0 Å². The molecule has 0 aliphatic rings. The molecule has 0 aliphatic carbocycles. The quantitative estimate of drug-likeness (QED) is 0.642. The molecule has 1 aromatic carbocycles. The summed E-state index contributed by atoms with van der Waals surface area (Å²) in [6.07, 6.45) is 0.825. The average Bonchev–Trinajstić information content (AvgIpc) is 2.81. The number of benzene rings is 1. The zero-order valence-corrected chi connectivity index (χ0v) is 14.7. The molecular weight excluding hydrogens is 328 g/mol. The highest BCUT2D eigenvalue weighted by Gasteiger charge is 2.16. The number of nitrogens with two attached hydrogens (primary N) is 1. The van der Waals surface area contributed by atoms with Crippen LogP contribution in [0, 0.1) is 20.8 Å². The van der Waals surface area contributed by atoms with Gasteiger partial charge in [0.2, 0.25) is 0 Å². The smallest absolute Gasteiger partial charge is 0.0596 e. The third-order valence-electron chi connectivity index (χ3n) is 3.76. The number of nitrogens with zero attached hydrogens (tertiary/aromatic N) is 2. The number of hydrogen-bond acceptors (Lipinski definition) is 3. The second-order valence-corrected chi connectivity index (χ2v) is 6.28. The van der Waals surface area contributed by atoms with E-state index in [0.29, 0.717) is 0 Å². The summed E-state index contributed by atoms with van der Waals surface area (Å²) in [5, 5.41) is 4.50. The van der Waals surface area contributed by atoms with Crippen molar-refractivity contribution in [1.29, 1.82) is 0 Å². The van der Waals surface area contributed by atoms with Crippen molar-refractivity contribution in [1.82, 2.24) is 15.2 Å². The molecule has 0 bridgehead atoms. The van der Waals surface area contributed by atoms with Gasteiger partial charge >= 0.3 is 0 Å². The second-order valence-electron chi connectivity index (χ2n) is 5.48. The van der Waals surface area contributed by atoms with Crippen molar-refractivity contribution in [2.24, 2.45) is 5.84 Å². The lowest BCUT2D eigenvalue weighted by Crippen LogP contribution is -2.30. The summed E-state index contributed by atoms with van der Waals surface area (Å²) in [4.78, 5) is 0. The monoisotopic (exact) mass is 350 g/mol. The van der Waals surface area contributed by atoms with Crippen LogP contribution in [0.1, 0.15) is 41.0 Å². The minimum absolute atomic E-state index is 0.0805. The fourth-order valence-electron chi connectivity index (χ4n) is 2.70. The molecule has 2 aromatic rings. The Morgan fingerprint density at radius 3 is 2.38 bits per heavy atom. The second kappa shape index (κ2) is 6.73. The predicted molar refractivity (Wildman–Crippen MR) is 90.0 cm³/mol. The highest BCUT2D eigenvalue weighted by Crippen LogP contribution is 2.27. The van der Waals surface area contributed by atoms with Gasteiger partial charge in [-0.1, -0.05) is 28.1 Å². The normalized spacial score (nSPS) is 12.7. The molecule has 0 spiro atoms. The molecule has 114 valence electrons. The van der Waals surface area contributed by atoms with Crippen LogP contribution in [-0.2, 0) is 13.0 Å². The molecule has 4 nitrogen and oxygen atoms in total.